The van der Waals surface area contributed by atoms with Crippen LogP contribution in [0.1, 0.15) is 32.4 Å². The highest BCUT2D eigenvalue weighted by molar-refractivity contribution is 7.07. The number of aromatic nitrogens is 1. The van der Waals surface area contributed by atoms with Crippen LogP contribution in [0.4, 0.5) is 0 Å². The molecular formula is C13H19N3O2S. The Labute approximate surface area is 117 Å². The molecule has 0 aromatic carbocycles. The molecule has 5 nitrogen and oxygen atoms in total. The van der Waals surface area contributed by atoms with Crippen molar-refractivity contribution in [3.8, 4) is 0 Å². The molecule has 6 heteroatoms. The Morgan fingerprint density at radius 2 is 2.32 bits per heavy atom. The van der Waals surface area contributed by atoms with Gasteiger partial charge in [-0.25, -0.2) is 4.98 Å². The molecule has 0 saturated carbocycles. The zero-order valence-corrected chi connectivity index (χ0v) is 12.1. The van der Waals surface area contributed by atoms with Crippen molar-refractivity contribution in [3.63, 3.8) is 0 Å². The normalized spacial score (nSPS) is 20.6. The number of hydrogen-bond donors (Lipinski definition) is 1. The van der Waals surface area contributed by atoms with E-state index < -0.39 is 6.04 Å². The fraction of sp³-hybridized carbons (Fsp3) is 0.615. The van der Waals surface area contributed by atoms with Gasteiger partial charge in [0.2, 0.25) is 11.8 Å². The standard InChI is InChI=1S/C13H19N3O2S/c1-9(2)5-11-13(18)16(4-3-12(17)15-11)6-10-7-19-8-14-10/h7-9,11H,3-6H2,1-2H3,(H,15,17). The SMILES string of the molecule is CC(C)CC1NC(=O)CCN(Cc2cscn2)C1=O. The van der Waals surface area contributed by atoms with Crippen LogP contribution >= 0.6 is 11.3 Å². The molecule has 1 aromatic heterocycles. The smallest absolute Gasteiger partial charge is 0.245 e. The van der Waals surface area contributed by atoms with Gasteiger partial charge < -0.3 is 10.2 Å². The highest BCUT2D eigenvalue weighted by Gasteiger charge is 2.30. The highest BCUT2D eigenvalue weighted by Crippen LogP contribution is 2.14. The van der Waals surface area contributed by atoms with E-state index in [1.165, 1.54) is 11.3 Å². The maximum Gasteiger partial charge on any atom is 0.245 e. The summed E-state index contributed by atoms with van der Waals surface area (Å²) in [4.78, 5) is 30.0. The van der Waals surface area contributed by atoms with E-state index in [0.717, 1.165) is 5.69 Å². The van der Waals surface area contributed by atoms with E-state index in [4.69, 9.17) is 0 Å². The van der Waals surface area contributed by atoms with E-state index in [-0.39, 0.29) is 11.8 Å². The van der Waals surface area contributed by atoms with E-state index in [9.17, 15) is 9.59 Å². The zero-order valence-electron chi connectivity index (χ0n) is 11.3. The minimum Gasteiger partial charge on any atom is -0.344 e. The second kappa shape index (κ2) is 6.14. The highest BCUT2D eigenvalue weighted by atomic mass is 32.1. The average molecular weight is 281 g/mol. The van der Waals surface area contributed by atoms with Crippen LogP contribution in [-0.2, 0) is 16.1 Å². The van der Waals surface area contributed by atoms with E-state index in [0.29, 0.717) is 31.8 Å². The number of nitrogens with zero attached hydrogens (tertiary/aromatic N) is 2. The fourth-order valence-electron chi connectivity index (χ4n) is 2.19. The summed E-state index contributed by atoms with van der Waals surface area (Å²) in [5.41, 5.74) is 2.64. The summed E-state index contributed by atoms with van der Waals surface area (Å²) < 4.78 is 0. The van der Waals surface area contributed by atoms with Crippen LogP contribution in [0.15, 0.2) is 10.9 Å². The molecule has 1 N–H and O–H groups in total. The van der Waals surface area contributed by atoms with Gasteiger partial charge in [0.25, 0.3) is 0 Å². The Morgan fingerprint density at radius 1 is 1.53 bits per heavy atom. The summed E-state index contributed by atoms with van der Waals surface area (Å²) in [5.74, 6) is 0.334. The van der Waals surface area contributed by atoms with Gasteiger partial charge >= 0.3 is 0 Å². The second-order valence-electron chi connectivity index (χ2n) is 5.24. The average Bonchev–Trinajstić information content (AvgIpc) is 2.80. The molecule has 0 radical (unpaired) electrons. The Kier molecular flexibility index (Phi) is 4.52. The largest absolute Gasteiger partial charge is 0.344 e. The van der Waals surface area contributed by atoms with Crippen LogP contribution < -0.4 is 5.32 Å². The van der Waals surface area contributed by atoms with Gasteiger partial charge in [-0.15, -0.1) is 11.3 Å². The van der Waals surface area contributed by atoms with Gasteiger partial charge in [0.05, 0.1) is 17.7 Å². The van der Waals surface area contributed by atoms with Crippen molar-refractivity contribution < 1.29 is 9.59 Å². The van der Waals surface area contributed by atoms with Gasteiger partial charge in [-0.2, -0.15) is 0 Å². The number of amides is 2. The first kappa shape index (κ1) is 14.0. The second-order valence-corrected chi connectivity index (χ2v) is 5.96. The lowest BCUT2D eigenvalue weighted by Gasteiger charge is -2.24. The van der Waals surface area contributed by atoms with E-state index in [2.05, 4.69) is 24.1 Å². The Bertz CT molecular complexity index is 445. The number of carbonyl (C=O) groups excluding carboxylic acids is 2. The lowest BCUT2D eigenvalue weighted by Crippen LogP contribution is -2.45. The lowest BCUT2D eigenvalue weighted by atomic mass is 10.0. The monoisotopic (exact) mass is 281 g/mol. The number of hydrogen-bond acceptors (Lipinski definition) is 4. The predicted molar refractivity (Wildman–Crippen MR) is 73.5 cm³/mol. The Balaban J connectivity index is 2.09. The number of thiazole rings is 1. The van der Waals surface area contributed by atoms with Crippen molar-refractivity contribution in [2.45, 2.75) is 39.3 Å². The third-order valence-electron chi connectivity index (χ3n) is 3.10. The summed E-state index contributed by atoms with van der Waals surface area (Å²) in [5, 5.41) is 4.76. The third kappa shape index (κ3) is 3.76. The molecule has 1 aliphatic rings. The summed E-state index contributed by atoms with van der Waals surface area (Å²) in [7, 11) is 0. The topological polar surface area (TPSA) is 62.3 Å². The van der Waals surface area contributed by atoms with Crippen molar-refractivity contribution in [2.75, 3.05) is 6.54 Å². The maximum atomic E-state index is 12.4. The van der Waals surface area contributed by atoms with E-state index in [1.807, 2.05) is 5.38 Å². The molecule has 1 atom stereocenters. The molecule has 1 aliphatic heterocycles. The first-order chi connectivity index (χ1) is 9.06. The summed E-state index contributed by atoms with van der Waals surface area (Å²) in [6, 6.07) is -0.395. The van der Waals surface area contributed by atoms with Gasteiger partial charge in [-0.05, 0) is 12.3 Å². The van der Waals surface area contributed by atoms with Crippen LogP contribution in [-0.4, -0.2) is 34.3 Å². The molecule has 0 spiro atoms. The Hall–Kier alpha value is -1.43. The van der Waals surface area contributed by atoms with Gasteiger partial charge in [-0.3, -0.25) is 9.59 Å². The van der Waals surface area contributed by atoms with Crippen LogP contribution in [0.25, 0.3) is 0 Å². The maximum absolute atomic E-state index is 12.4. The molecular weight excluding hydrogens is 262 g/mol. The summed E-state index contributed by atoms with van der Waals surface area (Å²) in [6.45, 7) is 5.06. The number of rotatable bonds is 4. The van der Waals surface area contributed by atoms with Crippen LogP contribution in [0.5, 0.6) is 0 Å². The van der Waals surface area contributed by atoms with Crippen LogP contribution in [0, 0.1) is 5.92 Å². The van der Waals surface area contributed by atoms with Crippen molar-refractivity contribution in [1.82, 2.24) is 15.2 Å². The third-order valence-corrected chi connectivity index (χ3v) is 3.73. The first-order valence-electron chi connectivity index (χ1n) is 6.51. The van der Waals surface area contributed by atoms with Crippen molar-refractivity contribution in [2.24, 2.45) is 5.92 Å². The van der Waals surface area contributed by atoms with Gasteiger partial charge in [-0.1, -0.05) is 13.8 Å². The predicted octanol–water partition coefficient (Wildman–Crippen LogP) is 1.41. The molecule has 1 saturated heterocycles. The molecule has 0 aliphatic carbocycles. The van der Waals surface area contributed by atoms with Crippen LogP contribution in [0.2, 0.25) is 0 Å². The molecule has 2 heterocycles. The molecule has 1 aromatic rings. The van der Waals surface area contributed by atoms with Crippen molar-refractivity contribution in [1.29, 1.82) is 0 Å². The molecule has 2 amide bonds. The van der Waals surface area contributed by atoms with Crippen molar-refractivity contribution >= 4 is 23.2 Å². The number of nitrogens with one attached hydrogen (secondary N) is 1. The van der Waals surface area contributed by atoms with Gasteiger partial charge in [0, 0.05) is 18.3 Å². The van der Waals surface area contributed by atoms with Gasteiger partial charge in [0.15, 0.2) is 0 Å². The lowest BCUT2D eigenvalue weighted by molar-refractivity contribution is -0.134. The Morgan fingerprint density at radius 3 is 2.95 bits per heavy atom. The quantitative estimate of drug-likeness (QED) is 0.907. The molecule has 2 rings (SSSR count). The summed E-state index contributed by atoms with van der Waals surface area (Å²) in [6.07, 6.45) is 1.04. The molecule has 19 heavy (non-hydrogen) atoms. The van der Waals surface area contributed by atoms with Crippen LogP contribution in [0.3, 0.4) is 0 Å². The van der Waals surface area contributed by atoms with E-state index in [1.54, 1.807) is 10.4 Å². The first-order valence-corrected chi connectivity index (χ1v) is 7.45. The molecule has 1 fully saturated rings. The van der Waals surface area contributed by atoms with Crippen molar-refractivity contribution in [3.05, 3.63) is 16.6 Å². The minimum atomic E-state index is -0.395. The number of carbonyl (C=O) groups is 2. The molecule has 1 unspecified atom stereocenters. The van der Waals surface area contributed by atoms with E-state index >= 15 is 0 Å². The molecule has 104 valence electrons. The minimum absolute atomic E-state index is 0.00699. The van der Waals surface area contributed by atoms with Gasteiger partial charge in [0.1, 0.15) is 6.04 Å². The fourth-order valence-corrected chi connectivity index (χ4v) is 2.74. The molecule has 0 bridgehead atoms. The summed E-state index contributed by atoms with van der Waals surface area (Å²) >= 11 is 1.51. The zero-order chi connectivity index (χ0) is 13.8.